The van der Waals surface area contributed by atoms with E-state index < -0.39 is 5.25 Å². The number of rotatable bonds is 4. The number of nitrogens with one attached hydrogen (secondary N) is 2. The third-order valence-corrected chi connectivity index (χ3v) is 6.00. The molecule has 3 rings (SSSR count). The van der Waals surface area contributed by atoms with Crippen molar-refractivity contribution in [3.8, 4) is 0 Å². The summed E-state index contributed by atoms with van der Waals surface area (Å²) in [4.78, 5) is 25.5. The van der Waals surface area contributed by atoms with Crippen molar-refractivity contribution in [3.63, 3.8) is 0 Å². The van der Waals surface area contributed by atoms with Gasteiger partial charge in [0.25, 0.3) is 0 Å². The Labute approximate surface area is 144 Å². The van der Waals surface area contributed by atoms with Gasteiger partial charge in [-0.3, -0.25) is 9.59 Å². The summed E-state index contributed by atoms with van der Waals surface area (Å²) < 4.78 is 0. The fourth-order valence-electron chi connectivity index (χ4n) is 3.20. The molecule has 5 nitrogen and oxygen atoms in total. The molecule has 2 aliphatic rings. The van der Waals surface area contributed by atoms with Gasteiger partial charge in [-0.1, -0.05) is 24.4 Å². The SMILES string of the molecule is NCC1(NC(=O)CC2Sc3ccc(Cl)cc3NC2=O)CCCC1. The van der Waals surface area contributed by atoms with Gasteiger partial charge in [-0.25, -0.2) is 0 Å². The molecule has 1 unspecified atom stereocenters. The van der Waals surface area contributed by atoms with Crippen molar-refractivity contribution in [1.29, 1.82) is 0 Å². The van der Waals surface area contributed by atoms with Gasteiger partial charge in [0, 0.05) is 22.9 Å². The van der Waals surface area contributed by atoms with Crippen molar-refractivity contribution in [2.75, 3.05) is 11.9 Å². The summed E-state index contributed by atoms with van der Waals surface area (Å²) in [5, 5.41) is 6.03. The first kappa shape index (κ1) is 16.6. The summed E-state index contributed by atoms with van der Waals surface area (Å²) >= 11 is 7.34. The highest BCUT2D eigenvalue weighted by Gasteiger charge is 2.36. The summed E-state index contributed by atoms with van der Waals surface area (Å²) in [5.74, 6) is -0.268. The van der Waals surface area contributed by atoms with Crippen molar-refractivity contribution in [2.24, 2.45) is 5.73 Å². The van der Waals surface area contributed by atoms with Crippen molar-refractivity contribution in [1.82, 2.24) is 5.32 Å². The number of fused-ring (bicyclic) bond motifs is 1. The largest absolute Gasteiger partial charge is 0.349 e. The standard InChI is InChI=1S/C16H20ClN3O2S/c17-10-3-4-12-11(7-10)19-15(22)13(23-12)8-14(21)20-16(9-18)5-1-2-6-16/h3-4,7,13H,1-2,5-6,8-9,18H2,(H,19,22)(H,20,21). The molecule has 1 atom stereocenters. The van der Waals surface area contributed by atoms with E-state index in [2.05, 4.69) is 10.6 Å². The minimum Gasteiger partial charge on any atom is -0.349 e. The minimum absolute atomic E-state index is 0.109. The second-order valence-electron chi connectivity index (χ2n) is 6.18. The Bertz CT molecular complexity index is 632. The number of carbonyl (C=O) groups excluding carboxylic acids is 2. The lowest BCUT2D eigenvalue weighted by molar-refractivity contribution is -0.125. The quantitative estimate of drug-likeness (QED) is 0.776. The molecule has 1 fully saturated rings. The van der Waals surface area contributed by atoms with E-state index in [0.29, 0.717) is 17.3 Å². The molecule has 0 saturated heterocycles. The van der Waals surface area contributed by atoms with Gasteiger partial charge >= 0.3 is 0 Å². The number of hydrogen-bond acceptors (Lipinski definition) is 4. The van der Waals surface area contributed by atoms with Gasteiger partial charge < -0.3 is 16.4 Å². The van der Waals surface area contributed by atoms with E-state index in [1.165, 1.54) is 11.8 Å². The summed E-state index contributed by atoms with van der Waals surface area (Å²) in [6, 6.07) is 5.37. The normalized spacial score (nSPS) is 22.3. The second-order valence-corrected chi connectivity index (χ2v) is 7.86. The van der Waals surface area contributed by atoms with E-state index in [0.717, 1.165) is 30.6 Å². The first-order valence-corrected chi connectivity index (χ1v) is 9.05. The fourth-order valence-corrected chi connectivity index (χ4v) is 4.47. The molecule has 4 N–H and O–H groups in total. The van der Waals surface area contributed by atoms with Crippen LogP contribution in [0.5, 0.6) is 0 Å². The Hall–Kier alpha value is -1.24. The van der Waals surface area contributed by atoms with Gasteiger partial charge in [-0.2, -0.15) is 0 Å². The van der Waals surface area contributed by atoms with E-state index in [9.17, 15) is 9.59 Å². The van der Waals surface area contributed by atoms with Crippen LogP contribution in [0.3, 0.4) is 0 Å². The molecule has 0 aromatic heterocycles. The third-order valence-electron chi connectivity index (χ3n) is 4.49. The van der Waals surface area contributed by atoms with E-state index in [1.807, 2.05) is 6.07 Å². The fraction of sp³-hybridized carbons (Fsp3) is 0.500. The summed E-state index contributed by atoms with van der Waals surface area (Å²) in [6.07, 6.45) is 4.16. The lowest BCUT2D eigenvalue weighted by Gasteiger charge is -2.30. The molecule has 0 radical (unpaired) electrons. The van der Waals surface area contributed by atoms with Crippen LogP contribution in [0.1, 0.15) is 32.1 Å². The summed E-state index contributed by atoms with van der Waals surface area (Å²) in [6.45, 7) is 0.448. The van der Waals surface area contributed by atoms with Gasteiger partial charge in [-0.15, -0.1) is 11.8 Å². The van der Waals surface area contributed by atoms with Crippen molar-refractivity contribution < 1.29 is 9.59 Å². The zero-order valence-electron chi connectivity index (χ0n) is 12.7. The molecular formula is C16H20ClN3O2S. The first-order valence-electron chi connectivity index (χ1n) is 7.79. The van der Waals surface area contributed by atoms with Crippen molar-refractivity contribution >= 4 is 40.9 Å². The highest BCUT2D eigenvalue weighted by atomic mass is 35.5. The Balaban J connectivity index is 1.65. The molecule has 23 heavy (non-hydrogen) atoms. The number of halogens is 1. The number of amides is 2. The van der Waals surface area contributed by atoms with Crippen LogP contribution >= 0.6 is 23.4 Å². The molecule has 1 aliphatic heterocycles. The van der Waals surface area contributed by atoms with Crippen LogP contribution in [-0.2, 0) is 9.59 Å². The predicted molar refractivity (Wildman–Crippen MR) is 92.7 cm³/mol. The zero-order valence-corrected chi connectivity index (χ0v) is 14.3. The van der Waals surface area contributed by atoms with Crippen LogP contribution in [0.4, 0.5) is 5.69 Å². The maximum Gasteiger partial charge on any atom is 0.238 e. The summed E-state index contributed by atoms with van der Waals surface area (Å²) in [7, 11) is 0. The molecular weight excluding hydrogens is 334 g/mol. The van der Waals surface area contributed by atoms with Gasteiger partial charge in [0.1, 0.15) is 0 Å². The lowest BCUT2D eigenvalue weighted by atomic mass is 9.97. The zero-order chi connectivity index (χ0) is 16.4. The van der Waals surface area contributed by atoms with Gasteiger partial charge in [0.05, 0.1) is 16.5 Å². The van der Waals surface area contributed by atoms with Crippen LogP contribution in [0.2, 0.25) is 5.02 Å². The Morgan fingerprint density at radius 3 is 2.87 bits per heavy atom. The molecule has 1 heterocycles. The molecule has 0 bridgehead atoms. The molecule has 124 valence electrons. The third kappa shape index (κ3) is 3.65. The molecule has 1 aliphatic carbocycles. The Morgan fingerprint density at radius 1 is 1.43 bits per heavy atom. The highest BCUT2D eigenvalue weighted by Crippen LogP contribution is 2.38. The number of hydrogen-bond donors (Lipinski definition) is 3. The molecule has 1 aromatic carbocycles. The van der Waals surface area contributed by atoms with Crippen LogP contribution in [0, 0.1) is 0 Å². The van der Waals surface area contributed by atoms with Crippen molar-refractivity contribution in [2.45, 2.75) is 47.8 Å². The molecule has 7 heteroatoms. The number of thioether (sulfide) groups is 1. The number of benzene rings is 1. The smallest absolute Gasteiger partial charge is 0.238 e. The van der Waals surface area contributed by atoms with Crippen LogP contribution in [0.25, 0.3) is 0 Å². The van der Waals surface area contributed by atoms with E-state index >= 15 is 0 Å². The van der Waals surface area contributed by atoms with Crippen molar-refractivity contribution in [3.05, 3.63) is 23.2 Å². The Kier molecular flexibility index (Phi) is 4.85. The van der Waals surface area contributed by atoms with Gasteiger partial charge in [0.2, 0.25) is 11.8 Å². The average Bonchev–Trinajstić information content (AvgIpc) is 2.97. The molecule has 0 spiro atoms. The minimum atomic E-state index is -0.431. The predicted octanol–water partition coefficient (Wildman–Crippen LogP) is 2.53. The maximum atomic E-state index is 12.4. The highest BCUT2D eigenvalue weighted by molar-refractivity contribution is 8.01. The maximum absolute atomic E-state index is 12.4. The topological polar surface area (TPSA) is 84.2 Å². The van der Waals surface area contributed by atoms with Gasteiger partial charge in [0.15, 0.2) is 0 Å². The molecule has 2 amide bonds. The molecule has 1 saturated carbocycles. The number of carbonyl (C=O) groups is 2. The number of nitrogens with two attached hydrogens (primary N) is 1. The molecule has 1 aromatic rings. The monoisotopic (exact) mass is 353 g/mol. The number of anilines is 1. The lowest BCUT2D eigenvalue weighted by Crippen LogP contribution is -2.52. The second kappa shape index (κ2) is 6.71. The van der Waals surface area contributed by atoms with E-state index in [4.69, 9.17) is 17.3 Å². The van der Waals surface area contributed by atoms with Crippen LogP contribution < -0.4 is 16.4 Å². The average molecular weight is 354 g/mol. The van der Waals surface area contributed by atoms with Crippen LogP contribution in [-0.4, -0.2) is 29.1 Å². The van der Waals surface area contributed by atoms with E-state index in [1.54, 1.807) is 12.1 Å². The summed E-state index contributed by atoms with van der Waals surface area (Å²) in [5.41, 5.74) is 6.27. The Morgan fingerprint density at radius 2 is 2.17 bits per heavy atom. The van der Waals surface area contributed by atoms with Crippen LogP contribution in [0.15, 0.2) is 23.1 Å². The van der Waals surface area contributed by atoms with E-state index in [-0.39, 0.29) is 23.8 Å². The first-order chi connectivity index (χ1) is 11.0. The van der Waals surface area contributed by atoms with Gasteiger partial charge in [-0.05, 0) is 31.0 Å².